The lowest BCUT2D eigenvalue weighted by molar-refractivity contribution is -0.136. The molecule has 2 aromatic rings. The van der Waals surface area contributed by atoms with Crippen LogP contribution in [0, 0.1) is 0 Å². The van der Waals surface area contributed by atoms with Crippen molar-refractivity contribution in [3.8, 4) is 11.3 Å². The minimum Gasteiger partial charge on any atom is -0.481 e. The Balaban J connectivity index is 2.37. The Morgan fingerprint density at radius 2 is 2.00 bits per heavy atom. The quantitative estimate of drug-likeness (QED) is 0.865. The van der Waals surface area contributed by atoms with Gasteiger partial charge >= 0.3 is 5.97 Å². The molecule has 1 heterocycles. The third kappa shape index (κ3) is 3.22. The number of aromatic amines is 1. The maximum atomic E-state index is 10.7. The molecule has 2 N–H and O–H groups in total. The molecule has 0 aliphatic heterocycles. The smallest absolute Gasteiger partial charge is 0.303 e. The lowest BCUT2D eigenvalue weighted by Crippen LogP contribution is -1.99. The van der Waals surface area contributed by atoms with Gasteiger partial charge in [0.2, 0.25) is 0 Å². The number of aryl methyl sites for hydroxylation is 1. The zero-order valence-corrected chi connectivity index (χ0v) is 11.2. The van der Waals surface area contributed by atoms with Gasteiger partial charge in [-0.3, -0.25) is 4.79 Å². The average Bonchev–Trinajstić information content (AvgIpc) is 2.81. The molecule has 0 unspecified atom stereocenters. The second kappa shape index (κ2) is 5.69. The molecule has 0 aliphatic rings. The molecular weight excluding hydrogens is 240 g/mol. The largest absolute Gasteiger partial charge is 0.481 e. The van der Waals surface area contributed by atoms with Crippen LogP contribution in [0.2, 0.25) is 0 Å². The van der Waals surface area contributed by atoms with Crippen LogP contribution < -0.4 is 0 Å². The fourth-order valence-electron chi connectivity index (χ4n) is 1.95. The van der Waals surface area contributed by atoms with Crippen LogP contribution in [0.25, 0.3) is 11.3 Å². The van der Waals surface area contributed by atoms with Crippen LogP contribution in [0.15, 0.2) is 30.3 Å². The molecule has 0 amide bonds. The Bertz CT molecular complexity index is 559. The average molecular weight is 258 g/mol. The Morgan fingerprint density at radius 3 is 2.58 bits per heavy atom. The third-order valence-corrected chi connectivity index (χ3v) is 2.98. The summed E-state index contributed by atoms with van der Waals surface area (Å²) in [6.45, 7) is 4.13. The number of carboxylic acids is 1. The van der Waals surface area contributed by atoms with Crippen molar-refractivity contribution in [2.45, 2.75) is 32.6 Å². The van der Waals surface area contributed by atoms with Gasteiger partial charge in [0.1, 0.15) is 5.82 Å². The number of hydrogen-bond donors (Lipinski definition) is 2. The van der Waals surface area contributed by atoms with E-state index in [0.717, 1.165) is 22.8 Å². The number of hydrogen-bond acceptors (Lipinski definition) is 2. The number of H-pyrrole nitrogens is 1. The van der Waals surface area contributed by atoms with Crippen LogP contribution in [-0.4, -0.2) is 21.0 Å². The van der Waals surface area contributed by atoms with Gasteiger partial charge in [0.25, 0.3) is 0 Å². The molecule has 0 aliphatic carbocycles. The van der Waals surface area contributed by atoms with Gasteiger partial charge in [-0.05, 0) is 0 Å². The number of nitrogens with one attached hydrogen (secondary N) is 1. The van der Waals surface area contributed by atoms with Gasteiger partial charge < -0.3 is 10.1 Å². The zero-order chi connectivity index (χ0) is 13.8. The van der Waals surface area contributed by atoms with E-state index in [9.17, 15) is 4.79 Å². The Labute approximate surface area is 112 Å². The molecule has 4 nitrogen and oxygen atoms in total. The number of rotatable bonds is 5. The van der Waals surface area contributed by atoms with E-state index in [0.29, 0.717) is 12.3 Å². The van der Waals surface area contributed by atoms with Crippen molar-refractivity contribution in [1.29, 1.82) is 0 Å². The van der Waals surface area contributed by atoms with Gasteiger partial charge in [-0.2, -0.15) is 0 Å². The van der Waals surface area contributed by atoms with Gasteiger partial charge in [0.05, 0.1) is 12.1 Å². The number of aliphatic carboxylic acids is 1. The van der Waals surface area contributed by atoms with Crippen LogP contribution in [0.3, 0.4) is 0 Å². The molecule has 0 fully saturated rings. The van der Waals surface area contributed by atoms with E-state index in [1.165, 1.54) is 0 Å². The number of carboxylic acid groups (broad SMARTS) is 1. The van der Waals surface area contributed by atoms with Crippen molar-refractivity contribution in [1.82, 2.24) is 9.97 Å². The fourth-order valence-corrected chi connectivity index (χ4v) is 1.95. The summed E-state index contributed by atoms with van der Waals surface area (Å²) >= 11 is 0. The molecule has 100 valence electrons. The summed E-state index contributed by atoms with van der Waals surface area (Å²) in [5.41, 5.74) is 2.79. The monoisotopic (exact) mass is 258 g/mol. The van der Waals surface area contributed by atoms with E-state index in [-0.39, 0.29) is 6.42 Å². The Kier molecular flexibility index (Phi) is 4.00. The summed E-state index contributed by atoms with van der Waals surface area (Å²) in [4.78, 5) is 18.6. The minimum atomic E-state index is -0.792. The van der Waals surface area contributed by atoms with Crippen molar-refractivity contribution in [2.24, 2.45) is 0 Å². The fraction of sp³-hybridized carbons (Fsp3) is 0.333. The molecule has 4 heteroatoms. The molecular formula is C15H18N2O2. The molecule has 0 atom stereocenters. The van der Waals surface area contributed by atoms with Gasteiger partial charge in [-0.25, -0.2) is 4.98 Å². The van der Waals surface area contributed by atoms with Crippen LogP contribution in [0.4, 0.5) is 0 Å². The molecule has 0 bridgehead atoms. The third-order valence-electron chi connectivity index (χ3n) is 2.98. The Hall–Kier alpha value is -2.10. The highest BCUT2D eigenvalue weighted by atomic mass is 16.4. The summed E-state index contributed by atoms with van der Waals surface area (Å²) in [6, 6.07) is 9.85. The number of benzene rings is 1. The molecule has 0 spiro atoms. The first-order chi connectivity index (χ1) is 9.08. The summed E-state index contributed by atoms with van der Waals surface area (Å²) < 4.78 is 0. The van der Waals surface area contributed by atoms with Crippen molar-refractivity contribution >= 4 is 5.97 Å². The zero-order valence-electron chi connectivity index (χ0n) is 11.2. The molecule has 19 heavy (non-hydrogen) atoms. The van der Waals surface area contributed by atoms with Gasteiger partial charge in [0.15, 0.2) is 0 Å². The van der Waals surface area contributed by atoms with Crippen molar-refractivity contribution in [3.63, 3.8) is 0 Å². The van der Waals surface area contributed by atoms with Crippen LogP contribution in [-0.2, 0) is 11.2 Å². The van der Waals surface area contributed by atoms with Gasteiger partial charge in [-0.1, -0.05) is 44.2 Å². The lowest BCUT2D eigenvalue weighted by Gasteiger charge is -2.00. The first kappa shape index (κ1) is 13.3. The first-order valence-corrected chi connectivity index (χ1v) is 6.44. The second-order valence-electron chi connectivity index (χ2n) is 4.86. The van der Waals surface area contributed by atoms with E-state index in [1.54, 1.807) is 0 Å². The number of imidazole rings is 1. The summed E-state index contributed by atoms with van der Waals surface area (Å²) in [6.07, 6.45) is 0.582. The van der Waals surface area contributed by atoms with E-state index in [4.69, 9.17) is 5.11 Å². The number of carbonyl (C=O) groups is 1. The predicted molar refractivity (Wildman–Crippen MR) is 74.1 cm³/mol. The first-order valence-electron chi connectivity index (χ1n) is 6.44. The number of nitrogens with zero attached hydrogens (tertiary/aromatic N) is 1. The van der Waals surface area contributed by atoms with Crippen molar-refractivity contribution < 1.29 is 9.90 Å². The Morgan fingerprint density at radius 1 is 1.32 bits per heavy atom. The highest BCUT2D eigenvalue weighted by Gasteiger charge is 2.14. The van der Waals surface area contributed by atoms with E-state index in [2.05, 4.69) is 23.8 Å². The van der Waals surface area contributed by atoms with E-state index in [1.807, 2.05) is 30.3 Å². The summed E-state index contributed by atoms with van der Waals surface area (Å²) in [7, 11) is 0. The van der Waals surface area contributed by atoms with Crippen LogP contribution >= 0.6 is 0 Å². The van der Waals surface area contributed by atoms with E-state index >= 15 is 0 Å². The maximum absolute atomic E-state index is 10.7. The SMILES string of the molecule is CC(C)c1nc(-c2ccccc2)c(CCC(=O)O)[nH]1. The van der Waals surface area contributed by atoms with Crippen molar-refractivity contribution in [3.05, 3.63) is 41.9 Å². The molecule has 0 radical (unpaired) electrons. The minimum absolute atomic E-state index is 0.111. The molecule has 0 saturated carbocycles. The normalized spacial score (nSPS) is 10.9. The summed E-state index contributed by atoms with van der Waals surface area (Å²) in [5, 5.41) is 8.82. The molecule has 2 rings (SSSR count). The van der Waals surface area contributed by atoms with Crippen molar-refractivity contribution in [2.75, 3.05) is 0 Å². The summed E-state index contributed by atoms with van der Waals surface area (Å²) in [5.74, 6) is 0.403. The highest BCUT2D eigenvalue weighted by molar-refractivity contribution is 5.68. The van der Waals surface area contributed by atoms with Crippen LogP contribution in [0.5, 0.6) is 0 Å². The highest BCUT2D eigenvalue weighted by Crippen LogP contribution is 2.25. The van der Waals surface area contributed by atoms with E-state index < -0.39 is 5.97 Å². The maximum Gasteiger partial charge on any atom is 0.303 e. The molecule has 0 saturated heterocycles. The number of aromatic nitrogens is 2. The standard InChI is InChI=1S/C15H18N2O2/c1-10(2)15-16-12(8-9-13(18)19)14(17-15)11-6-4-3-5-7-11/h3-7,10H,8-9H2,1-2H3,(H,16,17)(H,18,19). The van der Waals surface area contributed by atoms with Crippen LogP contribution in [0.1, 0.15) is 37.7 Å². The molecule has 1 aromatic carbocycles. The lowest BCUT2D eigenvalue weighted by atomic mass is 10.1. The van der Waals surface area contributed by atoms with Gasteiger partial charge in [-0.15, -0.1) is 0 Å². The predicted octanol–water partition coefficient (Wildman–Crippen LogP) is 3.22. The topological polar surface area (TPSA) is 66.0 Å². The van der Waals surface area contributed by atoms with Gasteiger partial charge in [0, 0.05) is 23.6 Å². The molecule has 1 aromatic heterocycles. The second-order valence-corrected chi connectivity index (χ2v) is 4.86.